The van der Waals surface area contributed by atoms with E-state index in [2.05, 4.69) is 44.7 Å². The van der Waals surface area contributed by atoms with E-state index in [1.165, 1.54) is 12.8 Å². The van der Waals surface area contributed by atoms with Crippen molar-refractivity contribution in [3.8, 4) is 5.75 Å². The number of hydrogen-bond acceptors (Lipinski definition) is 8. The van der Waals surface area contributed by atoms with Gasteiger partial charge in [0.1, 0.15) is 11.6 Å². The van der Waals surface area contributed by atoms with Gasteiger partial charge >= 0.3 is 0 Å². The fourth-order valence-electron chi connectivity index (χ4n) is 3.44. The predicted octanol–water partition coefficient (Wildman–Crippen LogP) is 2.07. The summed E-state index contributed by atoms with van der Waals surface area (Å²) in [5.41, 5.74) is 6.67. The highest BCUT2D eigenvalue weighted by Gasteiger charge is 2.30. The van der Waals surface area contributed by atoms with E-state index in [1.807, 2.05) is 24.3 Å². The van der Waals surface area contributed by atoms with Gasteiger partial charge in [-0.3, -0.25) is 0 Å². The van der Waals surface area contributed by atoms with Gasteiger partial charge in [-0.2, -0.15) is 15.0 Å². The highest BCUT2D eigenvalue weighted by Crippen LogP contribution is 2.27. The van der Waals surface area contributed by atoms with Crippen LogP contribution in [0.15, 0.2) is 24.3 Å². The van der Waals surface area contributed by atoms with Crippen molar-refractivity contribution >= 4 is 17.6 Å². The molecule has 5 N–H and O–H groups in total. The number of hydrogen-bond donors (Lipinski definition) is 4. The summed E-state index contributed by atoms with van der Waals surface area (Å²) >= 11 is 0. The number of nitrogens with two attached hydrogens (primary N) is 1. The lowest BCUT2D eigenvalue weighted by molar-refractivity contribution is 0.200. The summed E-state index contributed by atoms with van der Waals surface area (Å²) in [5, 5.41) is 10.2. The molecule has 0 amide bonds. The first kappa shape index (κ1) is 19.3. The van der Waals surface area contributed by atoms with Crippen LogP contribution in [0.2, 0.25) is 0 Å². The maximum atomic E-state index is 5.90. The second kappa shape index (κ2) is 8.49. The molecule has 1 aliphatic heterocycles. The van der Waals surface area contributed by atoms with E-state index in [-0.39, 0.29) is 11.5 Å². The lowest BCUT2D eigenvalue weighted by atomic mass is 9.81. The molecule has 1 aromatic heterocycles. The number of rotatable bonds is 7. The molecule has 1 aromatic carbocycles. The zero-order valence-electron chi connectivity index (χ0n) is 16.2. The fourth-order valence-corrected chi connectivity index (χ4v) is 3.44. The van der Waals surface area contributed by atoms with Crippen LogP contribution in [0.3, 0.4) is 0 Å². The number of anilines is 3. The van der Waals surface area contributed by atoms with Gasteiger partial charge in [-0.15, -0.1) is 0 Å². The summed E-state index contributed by atoms with van der Waals surface area (Å²) in [5.74, 6) is 2.54. The maximum Gasteiger partial charge on any atom is 0.232 e. The molecule has 2 heterocycles. The molecule has 0 bridgehead atoms. The topological polar surface area (TPSA) is 110 Å². The van der Waals surface area contributed by atoms with Gasteiger partial charge in [0.05, 0.1) is 19.3 Å². The Bertz CT molecular complexity index is 759. The number of benzene rings is 1. The second-order valence-electron chi connectivity index (χ2n) is 7.36. The highest BCUT2D eigenvalue weighted by atomic mass is 16.5. The van der Waals surface area contributed by atoms with Gasteiger partial charge in [0, 0.05) is 5.54 Å². The number of nitrogens with zero attached hydrogens (tertiary/aromatic N) is 3. The Hall–Kier alpha value is -2.45. The van der Waals surface area contributed by atoms with Crippen LogP contribution >= 0.6 is 0 Å². The molecule has 0 saturated carbocycles. The molecule has 146 valence electrons. The van der Waals surface area contributed by atoms with Gasteiger partial charge in [0.25, 0.3) is 0 Å². The van der Waals surface area contributed by atoms with Crippen LogP contribution in [0, 0.1) is 5.92 Å². The van der Waals surface area contributed by atoms with Crippen molar-refractivity contribution in [1.29, 1.82) is 0 Å². The van der Waals surface area contributed by atoms with E-state index in [4.69, 9.17) is 10.5 Å². The molecule has 27 heavy (non-hydrogen) atoms. The minimum Gasteiger partial charge on any atom is -0.495 e. The number of aromatic nitrogens is 3. The largest absolute Gasteiger partial charge is 0.495 e. The Labute approximate surface area is 160 Å². The van der Waals surface area contributed by atoms with E-state index in [0.29, 0.717) is 30.0 Å². The lowest BCUT2D eigenvalue weighted by Crippen LogP contribution is -2.49. The third-order valence-corrected chi connectivity index (χ3v) is 5.11. The Morgan fingerprint density at radius 2 is 1.93 bits per heavy atom. The molecular weight excluding hydrogens is 342 g/mol. The minimum absolute atomic E-state index is 0.000264. The van der Waals surface area contributed by atoms with Crippen molar-refractivity contribution in [2.75, 3.05) is 31.2 Å². The van der Waals surface area contributed by atoms with E-state index in [0.717, 1.165) is 18.8 Å². The van der Waals surface area contributed by atoms with Crippen molar-refractivity contribution < 1.29 is 4.74 Å². The van der Waals surface area contributed by atoms with Crippen LogP contribution in [0.25, 0.3) is 0 Å². The van der Waals surface area contributed by atoms with E-state index >= 15 is 0 Å². The van der Waals surface area contributed by atoms with Gasteiger partial charge in [0.2, 0.25) is 11.9 Å². The van der Waals surface area contributed by atoms with Gasteiger partial charge in [-0.25, -0.2) is 0 Å². The molecule has 0 spiro atoms. The van der Waals surface area contributed by atoms with Crippen LogP contribution in [0.4, 0.5) is 17.6 Å². The zero-order chi connectivity index (χ0) is 19.3. The van der Waals surface area contributed by atoms with Gasteiger partial charge in [0.15, 0.2) is 0 Å². The molecule has 0 atom stereocenters. The third-order valence-electron chi connectivity index (χ3n) is 5.11. The first-order valence-electron chi connectivity index (χ1n) is 9.34. The van der Waals surface area contributed by atoms with Crippen molar-refractivity contribution in [3.05, 3.63) is 30.1 Å². The number of piperidine rings is 1. The van der Waals surface area contributed by atoms with Crippen molar-refractivity contribution in [2.45, 2.75) is 38.8 Å². The molecule has 3 rings (SSSR count). The number of nitrogens with one attached hydrogen (secondary N) is 3. The lowest BCUT2D eigenvalue weighted by Gasteiger charge is -2.38. The summed E-state index contributed by atoms with van der Waals surface area (Å²) in [7, 11) is 1.63. The normalized spacial score (nSPS) is 15.5. The van der Waals surface area contributed by atoms with E-state index in [1.54, 1.807) is 7.11 Å². The summed E-state index contributed by atoms with van der Waals surface area (Å²) in [6.45, 7) is 7.15. The molecule has 8 heteroatoms. The van der Waals surface area contributed by atoms with Crippen LogP contribution in [-0.2, 0) is 6.54 Å². The minimum atomic E-state index is -0.000264. The van der Waals surface area contributed by atoms with Gasteiger partial charge in [-0.1, -0.05) is 12.1 Å². The molecule has 8 nitrogen and oxygen atoms in total. The summed E-state index contributed by atoms with van der Waals surface area (Å²) < 4.78 is 5.35. The van der Waals surface area contributed by atoms with Crippen molar-refractivity contribution in [2.24, 2.45) is 5.92 Å². The molecule has 1 fully saturated rings. The van der Waals surface area contributed by atoms with Crippen LogP contribution in [0.1, 0.15) is 32.5 Å². The fraction of sp³-hybridized carbons (Fsp3) is 0.526. The van der Waals surface area contributed by atoms with E-state index in [9.17, 15) is 0 Å². The maximum absolute atomic E-state index is 5.90. The summed E-state index contributed by atoms with van der Waals surface area (Å²) in [6.07, 6.45) is 2.33. The average Bonchev–Trinajstić information content (AvgIpc) is 2.67. The molecular formula is C19H29N7O. The number of para-hydroxylation sites is 2. The predicted molar refractivity (Wildman–Crippen MR) is 107 cm³/mol. The summed E-state index contributed by atoms with van der Waals surface area (Å²) in [4.78, 5) is 13.0. The van der Waals surface area contributed by atoms with Crippen LogP contribution in [-0.4, -0.2) is 40.7 Å². The molecule has 2 aromatic rings. The van der Waals surface area contributed by atoms with Gasteiger partial charge in [-0.05, 0) is 57.8 Å². The molecule has 1 aliphatic rings. The Morgan fingerprint density at radius 3 is 2.67 bits per heavy atom. The standard InChI is InChI=1S/C19H29N7O/c1-19(2,13-8-10-21-11-9-13)22-12-16-24-17(20)26-18(25-16)23-14-6-4-5-7-15(14)27-3/h4-7,13,21-22H,8-12H2,1-3H3,(H3,20,23,24,25,26). The molecule has 1 saturated heterocycles. The molecule has 0 radical (unpaired) electrons. The zero-order valence-corrected chi connectivity index (χ0v) is 16.2. The Morgan fingerprint density at radius 1 is 1.19 bits per heavy atom. The quantitative estimate of drug-likeness (QED) is 0.585. The third kappa shape index (κ3) is 5.05. The first-order chi connectivity index (χ1) is 13.0. The second-order valence-corrected chi connectivity index (χ2v) is 7.36. The molecule has 0 aliphatic carbocycles. The number of methoxy groups -OCH3 is 1. The first-order valence-corrected chi connectivity index (χ1v) is 9.34. The van der Waals surface area contributed by atoms with Crippen LogP contribution in [0.5, 0.6) is 5.75 Å². The Balaban J connectivity index is 1.69. The molecule has 0 unspecified atom stereocenters. The van der Waals surface area contributed by atoms with Crippen molar-refractivity contribution in [1.82, 2.24) is 25.6 Å². The monoisotopic (exact) mass is 371 g/mol. The smallest absolute Gasteiger partial charge is 0.232 e. The number of nitrogen functional groups attached to an aromatic ring is 1. The highest BCUT2D eigenvalue weighted by molar-refractivity contribution is 5.62. The SMILES string of the molecule is COc1ccccc1Nc1nc(N)nc(CNC(C)(C)C2CCNCC2)n1. The van der Waals surface area contributed by atoms with Gasteiger partial charge < -0.3 is 26.4 Å². The number of ether oxygens (including phenoxy) is 1. The average molecular weight is 371 g/mol. The van der Waals surface area contributed by atoms with Crippen molar-refractivity contribution in [3.63, 3.8) is 0 Å². The van der Waals surface area contributed by atoms with E-state index < -0.39 is 0 Å². The summed E-state index contributed by atoms with van der Waals surface area (Å²) in [6, 6.07) is 7.59. The van der Waals surface area contributed by atoms with Crippen LogP contribution < -0.4 is 26.4 Å². The Kier molecular flexibility index (Phi) is 6.08.